The van der Waals surface area contributed by atoms with E-state index in [9.17, 15) is 0 Å². The lowest BCUT2D eigenvalue weighted by atomic mass is 10.1. The van der Waals surface area contributed by atoms with E-state index in [2.05, 4.69) is 64.4 Å². The zero-order valence-corrected chi connectivity index (χ0v) is 12.4. The van der Waals surface area contributed by atoms with Gasteiger partial charge in [0.2, 0.25) is 0 Å². The Morgan fingerprint density at radius 2 is 1.90 bits per heavy atom. The molecule has 0 saturated carbocycles. The minimum atomic E-state index is 0.939. The minimum absolute atomic E-state index is 0.939. The lowest BCUT2D eigenvalue weighted by molar-refractivity contribution is 0.720. The van der Waals surface area contributed by atoms with E-state index in [-0.39, 0.29) is 0 Å². The Morgan fingerprint density at radius 1 is 1.05 bits per heavy atom. The van der Waals surface area contributed by atoms with Crippen LogP contribution in [0.5, 0.6) is 0 Å². The molecular formula is C18H21N3. The van der Waals surface area contributed by atoms with Gasteiger partial charge >= 0.3 is 0 Å². The van der Waals surface area contributed by atoms with E-state index in [1.165, 1.54) is 22.0 Å². The molecular weight excluding hydrogens is 258 g/mol. The molecule has 0 atom stereocenters. The van der Waals surface area contributed by atoms with Crippen LogP contribution in [0.1, 0.15) is 18.1 Å². The highest BCUT2D eigenvalue weighted by Gasteiger charge is 2.02. The van der Waals surface area contributed by atoms with Gasteiger partial charge in [0.15, 0.2) is 0 Å². The minimum Gasteiger partial charge on any atom is -0.347 e. The zero-order valence-electron chi connectivity index (χ0n) is 12.4. The van der Waals surface area contributed by atoms with E-state index >= 15 is 0 Å². The van der Waals surface area contributed by atoms with Gasteiger partial charge in [0, 0.05) is 37.2 Å². The molecule has 0 saturated heterocycles. The van der Waals surface area contributed by atoms with Crippen molar-refractivity contribution in [2.24, 2.45) is 0 Å². The molecule has 3 aromatic rings. The summed E-state index contributed by atoms with van der Waals surface area (Å²) in [5.74, 6) is 0. The summed E-state index contributed by atoms with van der Waals surface area (Å²) in [5, 5.41) is 4.69. The summed E-state index contributed by atoms with van der Waals surface area (Å²) in [6, 6.07) is 13.1. The number of benzene rings is 1. The van der Waals surface area contributed by atoms with Crippen LogP contribution in [0.3, 0.4) is 0 Å². The lowest BCUT2D eigenvalue weighted by Crippen LogP contribution is -2.11. The molecule has 0 unspecified atom stereocenters. The van der Waals surface area contributed by atoms with Crippen molar-refractivity contribution in [3.8, 4) is 0 Å². The van der Waals surface area contributed by atoms with Crippen LogP contribution < -0.4 is 5.32 Å². The third-order valence-electron chi connectivity index (χ3n) is 3.81. The van der Waals surface area contributed by atoms with E-state index in [0.717, 1.165) is 26.1 Å². The van der Waals surface area contributed by atoms with Crippen LogP contribution in [0, 0.1) is 0 Å². The molecule has 0 amide bonds. The van der Waals surface area contributed by atoms with Gasteiger partial charge in [-0.2, -0.15) is 0 Å². The summed E-state index contributed by atoms with van der Waals surface area (Å²) in [6.45, 7) is 5.08. The van der Waals surface area contributed by atoms with Crippen LogP contribution in [-0.2, 0) is 19.5 Å². The molecule has 0 aliphatic rings. The van der Waals surface area contributed by atoms with E-state index in [0.29, 0.717) is 0 Å². The number of hydrogen-bond acceptors (Lipinski definition) is 2. The van der Waals surface area contributed by atoms with Crippen molar-refractivity contribution >= 4 is 10.9 Å². The van der Waals surface area contributed by atoms with Gasteiger partial charge in [-0.1, -0.05) is 13.0 Å². The Kier molecular flexibility index (Phi) is 4.31. The number of hydrogen-bond donors (Lipinski definition) is 1. The topological polar surface area (TPSA) is 29.9 Å². The molecule has 0 bridgehead atoms. The fourth-order valence-corrected chi connectivity index (χ4v) is 2.62. The summed E-state index contributed by atoms with van der Waals surface area (Å²) >= 11 is 0. The van der Waals surface area contributed by atoms with E-state index in [1.807, 2.05) is 12.4 Å². The van der Waals surface area contributed by atoms with E-state index < -0.39 is 0 Å². The molecule has 1 aromatic carbocycles. The van der Waals surface area contributed by atoms with Crippen molar-refractivity contribution in [3.05, 3.63) is 66.1 Å². The molecule has 3 rings (SSSR count). The second-order valence-electron chi connectivity index (χ2n) is 5.29. The fourth-order valence-electron chi connectivity index (χ4n) is 2.62. The predicted molar refractivity (Wildman–Crippen MR) is 87.3 cm³/mol. The van der Waals surface area contributed by atoms with Gasteiger partial charge in [0.1, 0.15) is 0 Å². The van der Waals surface area contributed by atoms with Crippen molar-refractivity contribution in [3.63, 3.8) is 0 Å². The van der Waals surface area contributed by atoms with Gasteiger partial charge in [-0.05, 0) is 59.8 Å². The van der Waals surface area contributed by atoms with Crippen molar-refractivity contribution in [2.45, 2.75) is 26.4 Å². The molecule has 21 heavy (non-hydrogen) atoms. The Bertz CT molecular complexity index is 701. The molecule has 0 fully saturated rings. The molecule has 3 heteroatoms. The number of pyridine rings is 1. The quantitative estimate of drug-likeness (QED) is 0.749. The largest absolute Gasteiger partial charge is 0.347 e. The first-order valence-corrected chi connectivity index (χ1v) is 7.54. The molecule has 0 spiro atoms. The van der Waals surface area contributed by atoms with Gasteiger partial charge in [-0.3, -0.25) is 4.98 Å². The smallest absolute Gasteiger partial charge is 0.0480 e. The van der Waals surface area contributed by atoms with E-state index in [4.69, 9.17) is 0 Å². The van der Waals surface area contributed by atoms with Crippen LogP contribution >= 0.6 is 0 Å². The second-order valence-corrected chi connectivity index (χ2v) is 5.29. The van der Waals surface area contributed by atoms with Gasteiger partial charge < -0.3 is 9.88 Å². The number of aryl methyl sites for hydroxylation is 2. The normalized spacial score (nSPS) is 11.1. The third-order valence-corrected chi connectivity index (χ3v) is 3.81. The maximum Gasteiger partial charge on any atom is 0.0480 e. The maximum atomic E-state index is 4.06. The highest BCUT2D eigenvalue weighted by molar-refractivity contribution is 5.80. The fraction of sp³-hybridized carbons (Fsp3) is 0.278. The van der Waals surface area contributed by atoms with Gasteiger partial charge in [-0.25, -0.2) is 0 Å². The number of nitrogens with one attached hydrogen (secondary N) is 1. The summed E-state index contributed by atoms with van der Waals surface area (Å²) < 4.78 is 2.33. The predicted octanol–water partition coefficient (Wildman–Crippen LogP) is 3.39. The SMILES string of the molecule is CCNCc1ccc2c(ccn2CCc2ccncc2)c1. The van der Waals surface area contributed by atoms with Crippen LogP contribution in [0.2, 0.25) is 0 Å². The van der Waals surface area contributed by atoms with Crippen molar-refractivity contribution in [1.29, 1.82) is 0 Å². The van der Waals surface area contributed by atoms with Crippen LogP contribution in [0.15, 0.2) is 55.0 Å². The van der Waals surface area contributed by atoms with Crippen LogP contribution in [0.25, 0.3) is 10.9 Å². The number of nitrogens with zero attached hydrogens (tertiary/aromatic N) is 2. The van der Waals surface area contributed by atoms with Gasteiger partial charge in [0.25, 0.3) is 0 Å². The standard InChI is InChI=1S/C18H21N3/c1-2-19-14-16-3-4-18-17(13-16)8-12-21(18)11-7-15-5-9-20-10-6-15/h3-6,8-10,12-13,19H,2,7,11,14H2,1H3. The Balaban J connectivity index is 1.74. The first-order valence-electron chi connectivity index (χ1n) is 7.54. The van der Waals surface area contributed by atoms with Gasteiger partial charge in [0.05, 0.1) is 0 Å². The van der Waals surface area contributed by atoms with E-state index in [1.54, 1.807) is 0 Å². The number of rotatable bonds is 6. The number of aromatic nitrogens is 2. The van der Waals surface area contributed by atoms with Crippen LogP contribution in [0.4, 0.5) is 0 Å². The Hall–Kier alpha value is -2.13. The molecule has 2 heterocycles. The molecule has 3 nitrogen and oxygen atoms in total. The van der Waals surface area contributed by atoms with Crippen molar-refractivity contribution in [2.75, 3.05) is 6.54 Å². The van der Waals surface area contributed by atoms with Crippen LogP contribution in [-0.4, -0.2) is 16.1 Å². The zero-order chi connectivity index (χ0) is 14.5. The first-order chi connectivity index (χ1) is 10.4. The number of fused-ring (bicyclic) bond motifs is 1. The molecule has 0 aliphatic carbocycles. The highest BCUT2D eigenvalue weighted by Crippen LogP contribution is 2.18. The average molecular weight is 279 g/mol. The summed E-state index contributed by atoms with van der Waals surface area (Å²) in [6.07, 6.45) is 6.93. The van der Waals surface area contributed by atoms with Crippen molar-refractivity contribution < 1.29 is 0 Å². The summed E-state index contributed by atoms with van der Waals surface area (Å²) in [5.41, 5.74) is 3.98. The Labute approximate surface area is 125 Å². The average Bonchev–Trinajstić information content (AvgIpc) is 2.94. The third kappa shape index (κ3) is 3.31. The lowest BCUT2D eigenvalue weighted by Gasteiger charge is -2.07. The molecule has 1 N–H and O–H groups in total. The molecule has 0 aliphatic heterocycles. The van der Waals surface area contributed by atoms with Crippen molar-refractivity contribution in [1.82, 2.24) is 14.9 Å². The summed E-state index contributed by atoms with van der Waals surface area (Å²) in [7, 11) is 0. The summed E-state index contributed by atoms with van der Waals surface area (Å²) in [4.78, 5) is 4.06. The first kappa shape index (κ1) is 13.8. The molecule has 108 valence electrons. The van der Waals surface area contributed by atoms with Gasteiger partial charge in [-0.15, -0.1) is 0 Å². The molecule has 2 aromatic heterocycles. The second kappa shape index (κ2) is 6.55. The Morgan fingerprint density at radius 3 is 2.71 bits per heavy atom. The maximum absolute atomic E-state index is 4.06. The highest BCUT2D eigenvalue weighted by atomic mass is 14.9. The molecule has 0 radical (unpaired) electrons. The monoisotopic (exact) mass is 279 g/mol.